The summed E-state index contributed by atoms with van der Waals surface area (Å²) in [6, 6.07) is 29.3. The molecule has 0 unspecified atom stereocenters. The highest BCUT2D eigenvalue weighted by molar-refractivity contribution is 7.88. The molecule has 0 aliphatic rings. The van der Waals surface area contributed by atoms with Crippen LogP contribution in [0.2, 0.25) is 0 Å². The summed E-state index contributed by atoms with van der Waals surface area (Å²) in [5.74, 6) is -0.427. The molecule has 0 radical (unpaired) electrons. The number of pyridine rings is 1. The predicted molar refractivity (Wildman–Crippen MR) is 135 cm³/mol. The van der Waals surface area contributed by atoms with Gasteiger partial charge in [0.2, 0.25) is 0 Å². The van der Waals surface area contributed by atoms with Crippen LogP contribution in [0.1, 0.15) is 0 Å². The second kappa shape index (κ2) is 7.93. The van der Waals surface area contributed by atoms with Gasteiger partial charge in [0.15, 0.2) is 5.75 Å². The maximum Gasteiger partial charge on any atom is 0.534 e. The molecule has 178 valence electrons. The molecule has 0 aliphatic carbocycles. The fourth-order valence-corrected chi connectivity index (χ4v) is 5.04. The van der Waals surface area contributed by atoms with Gasteiger partial charge < -0.3 is 4.18 Å². The van der Waals surface area contributed by atoms with Crippen molar-refractivity contribution in [3.8, 4) is 17.0 Å². The minimum atomic E-state index is -5.88. The van der Waals surface area contributed by atoms with Gasteiger partial charge in [-0.05, 0) is 39.7 Å². The van der Waals surface area contributed by atoms with Crippen molar-refractivity contribution in [3.05, 3.63) is 97.1 Å². The second-order valence-electron chi connectivity index (χ2n) is 8.37. The summed E-state index contributed by atoms with van der Waals surface area (Å²) in [6.07, 6.45) is 0. The third kappa shape index (κ3) is 3.53. The molecule has 4 nitrogen and oxygen atoms in total. The first-order chi connectivity index (χ1) is 17.2. The quantitative estimate of drug-likeness (QED) is 0.142. The first-order valence-corrected chi connectivity index (χ1v) is 12.4. The largest absolute Gasteiger partial charge is 0.534 e. The van der Waals surface area contributed by atoms with Crippen LogP contribution in [-0.2, 0) is 10.1 Å². The molecule has 6 aromatic rings. The SMILES string of the molecule is O=S(=O)(Oc1cccc2nc(-c3ccc4ccccc4c3)c3ccc4ccccc4c3c12)C(F)(F)F. The van der Waals surface area contributed by atoms with Gasteiger partial charge in [-0.3, -0.25) is 0 Å². The van der Waals surface area contributed by atoms with Gasteiger partial charge in [-0.2, -0.15) is 21.6 Å². The summed E-state index contributed by atoms with van der Waals surface area (Å²) in [7, 11) is -5.88. The predicted octanol–water partition coefficient (Wildman–Crippen LogP) is 7.59. The van der Waals surface area contributed by atoms with Crippen LogP contribution in [0.4, 0.5) is 13.2 Å². The summed E-state index contributed by atoms with van der Waals surface area (Å²) in [5.41, 5.74) is -3.79. The summed E-state index contributed by atoms with van der Waals surface area (Å²) in [4.78, 5) is 4.78. The molecular formula is C28H16F3NO3S. The normalized spacial score (nSPS) is 12.5. The molecule has 0 fully saturated rings. The van der Waals surface area contributed by atoms with E-state index in [0.717, 1.165) is 27.1 Å². The lowest BCUT2D eigenvalue weighted by molar-refractivity contribution is -0.0499. The topological polar surface area (TPSA) is 56.3 Å². The Morgan fingerprint density at radius 2 is 1.36 bits per heavy atom. The Morgan fingerprint density at radius 1 is 0.667 bits per heavy atom. The standard InChI is InChI=1S/C28H16F3NO3S/c29-28(30,31)36(33,34)35-24-11-5-10-23-26(24)25-21-9-4-3-7-18(21)14-15-22(25)27(32-23)20-13-12-17-6-1-2-8-19(17)16-20/h1-16H. The Hall–Kier alpha value is -4.17. The van der Waals surface area contributed by atoms with Crippen molar-refractivity contribution in [2.75, 3.05) is 0 Å². The molecule has 5 aromatic carbocycles. The lowest BCUT2D eigenvalue weighted by atomic mass is 9.94. The smallest absolute Gasteiger partial charge is 0.375 e. The highest BCUT2D eigenvalue weighted by atomic mass is 32.2. The molecule has 0 saturated carbocycles. The molecule has 36 heavy (non-hydrogen) atoms. The van der Waals surface area contributed by atoms with Crippen LogP contribution < -0.4 is 4.18 Å². The van der Waals surface area contributed by atoms with E-state index in [2.05, 4.69) is 4.18 Å². The van der Waals surface area contributed by atoms with Crippen molar-refractivity contribution in [3.63, 3.8) is 0 Å². The van der Waals surface area contributed by atoms with Gasteiger partial charge in [0.05, 0.1) is 16.6 Å². The van der Waals surface area contributed by atoms with Crippen molar-refractivity contribution in [2.24, 2.45) is 0 Å². The Balaban J connectivity index is 1.74. The molecule has 0 aliphatic heterocycles. The zero-order valence-electron chi connectivity index (χ0n) is 18.5. The molecule has 6 rings (SSSR count). The summed E-state index contributed by atoms with van der Waals surface area (Å²) >= 11 is 0. The van der Waals surface area contributed by atoms with Gasteiger partial charge >= 0.3 is 15.6 Å². The fraction of sp³-hybridized carbons (Fsp3) is 0.0357. The number of nitrogens with zero attached hydrogens (tertiary/aromatic N) is 1. The molecule has 1 heterocycles. The molecule has 8 heteroatoms. The van der Waals surface area contributed by atoms with Crippen molar-refractivity contribution < 1.29 is 25.8 Å². The van der Waals surface area contributed by atoms with E-state index in [1.165, 1.54) is 12.1 Å². The molecule has 0 saturated heterocycles. The number of benzene rings is 5. The maximum atomic E-state index is 13.2. The van der Waals surface area contributed by atoms with Gasteiger partial charge in [0, 0.05) is 16.3 Å². The first kappa shape index (κ1) is 22.3. The van der Waals surface area contributed by atoms with Crippen LogP contribution in [0.5, 0.6) is 5.75 Å². The van der Waals surface area contributed by atoms with Crippen LogP contribution in [0.3, 0.4) is 0 Å². The van der Waals surface area contributed by atoms with E-state index in [1.807, 2.05) is 78.9 Å². The average Bonchev–Trinajstić information content (AvgIpc) is 2.87. The van der Waals surface area contributed by atoms with Gasteiger partial charge in [0.1, 0.15) is 0 Å². The van der Waals surface area contributed by atoms with Crippen LogP contribution in [0.25, 0.3) is 54.5 Å². The monoisotopic (exact) mass is 503 g/mol. The van der Waals surface area contributed by atoms with Gasteiger partial charge in [-0.1, -0.05) is 78.9 Å². The van der Waals surface area contributed by atoms with E-state index in [9.17, 15) is 21.6 Å². The molecule has 0 amide bonds. The van der Waals surface area contributed by atoms with E-state index in [-0.39, 0.29) is 5.39 Å². The van der Waals surface area contributed by atoms with Crippen molar-refractivity contribution in [1.29, 1.82) is 0 Å². The van der Waals surface area contributed by atoms with E-state index in [0.29, 0.717) is 22.0 Å². The Morgan fingerprint density at radius 3 is 2.14 bits per heavy atom. The van der Waals surface area contributed by atoms with Crippen LogP contribution in [-0.4, -0.2) is 18.9 Å². The van der Waals surface area contributed by atoms with Gasteiger partial charge in [0.25, 0.3) is 0 Å². The second-order valence-corrected chi connectivity index (χ2v) is 9.90. The van der Waals surface area contributed by atoms with Crippen molar-refractivity contribution >= 4 is 53.3 Å². The lowest BCUT2D eigenvalue weighted by Crippen LogP contribution is -2.28. The van der Waals surface area contributed by atoms with E-state index < -0.39 is 21.4 Å². The van der Waals surface area contributed by atoms with E-state index in [4.69, 9.17) is 4.98 Å². The number of halogens is 3. The third-order valence-electron chi connectivity index (χ3n) is 6.18. The highest BCUT2D eigenvalue weighted by Gasteiger charge is 2.48. The third-order valence-corrected chi connectivity index (χ3v) is 7.14. The average molecular weight is 504 g/mol. The number of alkyl halides is 3. The van der Waals surface area contributed by atoms with E-state index >= 15 is 0 Å². The van der Waals surface area contributed by atoms with Crippen LogP contribution in [0, 0.1) is 0 Å². The van der Waals surface area contributed by atoms with Crippen molar-refractivity contribution in [1.82, 2.24) is 4.98 Å². The Bertz CT molecular complexity index is 1930. The summed E-state index contributed by atoms with van der Waals surface area (Å²) in [5, 5.41) is 5.08. The summed E-state index contributed by atoms with van der Waals surface area (Å²) in [6.45, 7) is 0. The molecule has 0 N–H and O–H groups in total. The number of aromatic nitrogens is 1. The van der Waals surface area contributed by atoms with Crippen molar-refractivity contribution in [2.45, 2.75) is 5.51 Å². The zero-order valence-corrected chi connectivity index (χ0v) is 19.3. The molecule has 0 bridgehead atoms. The van der Waals surface area contributed by atoms with Gasteiger partial charge in [-0.25, -0.2) is 4.98 Å². The Kier molecular flexibility index (Phi) is 4.91. The molecule has 0 atom stereocenters. The number of hydrogen-bond donors (Lipinski definition) is 0. The van der Waals surface area contributed by atoms with E-state index in [1.54, 1.807) is 6.07 Å². The molecule has 0 spiro atoms. The highest BCUT2D eigenvalue weighted by Crippen LogP contribution is 2.42. The number of hydrogen-bond acceptors (Lipinski definition) is 4. The van der Waals surface area contributed by atoms with Crippen LogP contribution >= 0.6 is 0 Å². The van der Waals surface area contributed by atoms with Crippen LogP contribution in [0.15, 0.2) is 97.1 Å². The summed E-state index contributed by atoms with van der Waals surface area (Å²) < 4.78 is 68.0. The number of fused-ring (bicyclic) bond motifs is 6. The minimum absolute atomic E-state index is 0.196. The zero-order chi connectivity index (χ0) is 25.1. The maximum absolute atomic E-state index is 13.2. The first-order valence-electron chi connectivity index (χ1n) is 11.0. The minimum Gasteiger partial charge on any atom is -0.375 e. The number of rotatable bonds is 3. The van der Waals surface area contributed by atoms with Gasteiger partial charge in [-0.15, -0.1) is 0 Å². The molecular weight excluding hydrogens is 487 g/mol. The lowest BCUT2D eigenvalue weighted by Gasteiger charge is -2.16. The molecule has 1 aromatic heterocycles. The fourth-order valence-electron chi connectivity index (χ4n) is 4.57. The Labute approximate surface area is 203 Å².